The average molecular weight is 452 g/mol. The summed E-state index contributed by atoms with van der Waals surface area (Å²) in [5.74, 6) is -0.317. The molecular formula is C23H30FNO5S. The molecule has 8 heteroatoms. The van der Waals surface area contributed by atoms with Crippen LogP contribution in [-0.2, 0) is 9.84 Å². The smallest absolute Gasteiger partial charge is 0.257 e. The Bertz CT molecular complexity index is 1010. The summed E-state index contributed by atoms with van der Waals surface area (Å²) in [7, 11) is -3.48. The fourth-order valence-corrected chi connectivity index (χ4v) is 3.81. The summed E-state index contributed by atoms with van der Waals surface area (Å²) >= 11 is 0. The summed E-state index contributed by atoms with van der Waals surface area (Å²) in [6.45, 7) is 8.35. The molecule has 170 valence electrons. The van der Waals surface area contributed by atoms with E-state index in [9.17, 15) is 17.6 Å². The summed E-state index contributed by atoms with van der Waals surface area (Å²) in [6, 6.07) is 10.4. The lowest BCUT2D eigenvalue weighted by Gasteiger charge is -2.20. The first-order valence-electron chi connectivity index (χ1n) is 10.4. The van der Waals surface area contributed by atoms with Crippen LogP contribution in [0.5, 0.6) is 11.5 Å². The number of sulfone groups is 1. The number of carbonyl (C=O) groups is 1. The van der Waals surface area contributed by atoms with Crippen molar-refractivity contribution in [3.63, 3.8) is 0 Å². The zero-order chi connectivity index (χ0) is 23.2. The van der Waals surface area contributed by atoms with E-state index >= 15 is 0 Å². The fourth-order valence-electron chi connectivity index (χ4n) is 3.16. The summed E-state index contributed by atoms with van der Waals surface area (Å²) in [5, 5.41) is 0. The van der Waals surface area contributed by atoms with Crippen molar-refractivity contribution in [3.05, 3.63) is 53.8 Å². The molecule has 1 aliphatic rings. The van der Waals surface area contributed by atoms with Gasteiger partial charge in [-0.2, -0.15) is 0 Å². The highest BCUT2D eigenvalue weighted by Gasteiger charge is 2.31. The maximum atomic E-state index is 13.8. The molecule has 0 aromatic heterocycles. The number of nitrogens with zero attached hydrogens (tertiary/aromatic N) is 1. The SMILES string of the molecule is CC.CC(C)Oc1ccc(S(C)(=O)=O)cc1C(=O)N1CCC(Oc2ccccc2F)C1. The van der Waals surface area contributed by atoms with Gasteiger partial charge >= 0.3 is 0 Å². The minimum absolute atomic E-state index is 0.0512. The number of ether oxygens (including phenoxy) is 2. The van der Waals surface area contributed by atoms with Crippen molar-refractivity contribution in [2.24, 2.45) is 0 Å². The van der Waals surface area contributed by atoms with Gasteiger partial charge in [-0.1, -0.05) is 26.0 Å². The molecule has 6 nitrogen and oxygen atoms in total. The number of para-hydroxylation sites is 1. The van der Waals surface area contributed by atoms with Crippen molar-refractivity contribution in [2.75, 3.05) is 19.3 Å². The third kappa shape index (κ3) is 6.43. The molecule has 1 atom stereocenters. The lowest BCUT2D eigenvalue weighted by molar-refractivity contribution is 0.0765. The van der Waals surface area contributed by atoms with Gasteiger partial charge in [-0.25, -0.2) is 12.8 Å². The van der Waals surface area contributed by atoms with Crippen molar-refractivity contribution in [1.29, 1.82) is 0 Å². The van der Waals surface area contributed by atoms with Crippen molar-refractivity contribution >= 4 is 15.7 Å². The van der Waals surface area contributed by atoms with Crippen LogP contribution in [0.15, 0.2) is 47.4 Å². The van der Waals surface area contributed by atoms with Crippen LogP contribution in [0.1, 0.15) is 44.5 Å². The molecule has 0 bridgehead atoms. The molecule has 1 saturated heterocycles. The largest absolute Gasteiger partial charge is 0.490 e. The lowest BCUT2D eigenvalue weighted by Crippen LogP contribution is -2.31. The number of amides is 1. The van der Waals surface area contributed by atoms with Crippen LogP contribution in [0.25, 0.3) is 0 Å². The molecule has 0 radical (unpaired) electrons. The first kappa shape index (κ1) is 24.7. The number of hydrogen-bond acceptors (Lipinski definition) is 5. The van der Waals surface area contributed by atoms with Crippen LogP contribution in [0.2, 0.25) is 0 Å². The van der Waals surface area contributed by atoms with Gasteiger partial charge in [0.05, 0.1) is 23.1 Å². The minimum atomic E-state index is -3.48. The number of carbonyl (C=O) groups excluding carboxylic acids is 1. The van der Waals surface area contributed by atoms with Crippen molar-refractivity contribution in [2.45, 2.75) is 51.2 Å². The van der Waals surface area contributed by atoms with Crippen LogP contribution >= 0.6 is 0 Å². The summed E-state index contributed by atoms with van der Waals surface area (Å²) in [5.41, 5.74) is 0.188. The van der Waals surface area contributed by atoms with Crippen molar-refractivity contribution in [3.8, 4) is 11.5 Å². The molecule has 31 heavy (non-hydrogen) atoms. The molecule has 1 heterocycles. The third-order valence-corrected chi connectivity index (χ3v) is 5.65. The number of halogens is 1. The zero-order valence-electron chi connectivity index (χ0n) is 18.6. The Hall–Kier alpha value is -2.61. The van der Waals surface area contributed by atoms with Gasteiger partial charge in [-0.3, -0.25) is 4.79 Å². The number of rotatable bonds is 6. The maximum Gasteiger partial charge on any atom is 0.257 e. The van der Waals surface area contributed by atoms with Gasteiger partial charge < -0.3 is 14.4 Å². The molecule has 3 rings (SSSR count). The van der Waals surface area contributed by atoms with E-state index in [-0.39, 0.29) is 40.9 Å². The Morgan fingerprint density at radius 1 is 1.13 bits per heavy atom. The van der Waals surface area contributed by atoms with Gasteiger partial charge in [0, 0.05) is 19.2 Å². The van der Waals surface area contributed by atoms with Gasteiger partial charge in [0.1, 0.15) is 11.9 Å². The van der Waals surface area contributed by atoms with E-state index in [0.717, 1.165) is 6.26 Å². The summed E-state index contributed by atoms with van der Waals surface area (Å²) < 4.78 is 49.1. The molecule has 2 aromatic rings. The van der Waals surface area contributed by atoms with E-state index in [1.165, 1.54) is 24.3 Å². The second-order valence-electron chi connectivity index (χ2n) is 7.31. The van der Waals surface area contributed by atoms with Crippen LogP contribution in [0, 0.1) is 5.82 Å². The third-order valence-electron chi connectivity index (χ3n) is 4.53. The molecule has 0 saturated carbocycles. The van der Waals surface area contributed by atoms with E-state index in [1.54, 1.807) is 23.1 Å². The number of benzene rings is 2. The lowest BCUT2D eigenvalue weighted by atomic mass is 10.1. The molecule has 2 aromatic carbocycles. The van der Waals surface area contributed by atoms with E-state index in [4.69, 9.17) is 9.47 Å². The Labute approximate surface area is 183 Å². The highest BCUT2D eigenvalue weighted by atomic mass is 32.2. The molecule has 1 amide bonds. The van der Waals surface area contributed by atoms with Gasteiger partial charge in [-0.15, -0.1) is 0 Å². The predicted molar refractivity (Wildman–Crippen MR) is 118 cm³/mol. The van der Waals surface area contributed by atoms with Crippen LogP contribution in [-0.4, -0.2) is 50.8 Å². The molecular weight excluding hydrogens is 421 g/mol. The summed E-state index contributed by atoms with van der Waals surface area (Å²) in [6.07, 6.45) is 1.12. The molecule has 0 aliphatic carbocycles. The average Bonchev–Trinajstić information content (AvgIpc) is 3.18. The van der Waals surface area contributed by atoms with Crippen LogP contribution < -0.4 is 9.47 Å². The van der Waals surface area contributed by atoms with E-state index in [0.29, 0.717) is 18.7 Å². The molecule has 1 unspecified atom stereocenters. The second kappa shape index (κ2) is 10.6. The minimum Gasteiger partial charge on any atom is -0.490 e. The van der Waals surface area contributed by atoms with E-state index in [1.807, 2.05) is 27.7 Å². The predicted octanol–water partition coefficient (Wildman–Crippen LogP) is 4.34. The van der Waals surface area contributed by atoms with Gasteiger partial charge in [0.2, 0.25) is 0 Å². The van der Waals surface area contributed by atoms with E-state index in [2.05, 4.69) is 0 Å². The summed E-state index contributed by atoms with van der Waals surface area (Å²) in [4.78, 5) is 14.7. The molecule has 0 spiro atoms. The maximum absolute atomic E-state index is 13.8. The Morgan fingerprint density at radius 2 is 1.81 bits per heavy atom. The number of likely N-dealkylation sites (tertiary alicyclic amines) is 1. The van der Waals surface area contributed by atoms with E-state index < -0.39 is 15.7 Å². The van der Waals surface area contributed by atoms with Crippen molar-refractivity contribution in [1.82, 2.24) is 4.90 Å². The van der Waals surface area contributed by atoms with Crippen molar-refractivity contribution < 1.29 is 27.1 Å². The zero-order valence-corrected chi connectivity index (χ0v) is 19.4. The molecule has 1 fully saturated rings. The highest BCUT2D eigenvalue weighted by molar-refractivity contribution is 7.90. The Morgan fingerprint density at radius 3 is 2.42 bits per heavy atom. The quantitative estimate of drug-likeness (QED) is 0.653. The standard InChI is InChI=1S/C21H24FNO5S.C2H6/c1-14(2)27-19-9-8-16(29(3,25)26)12-17(19)21(24)23-11-10-15(13-23)28-20-7-5-4-6-18(20)22;1-2/h4-9,12,14-15H,10-11,13H2,1-3H3;1-2H3. The van der Waals surface area contributed by atoms with Crippen LogP contribution in [0.3, 0.4) is 0 Å². The fraction of sp³-hybridized carbons (Fsp3) is 0.435. The van der Waals surface area contributed by atoms with Gasteiger partial charge in [-0.05, 0) is 44.2 Å². The second-order valence-corrected chi connectivity index (χ2v) is 9.32. The normalized spacial score (nSPS) is 16.0. The first-order valence-corrected chi connectivity index (χ1v) is 12.3. The highest BCUT2D eigenvalue weighted by Crippen LogP contribution is 2.28. The topological polar surface area (TPSA) is 72.9 Å². The first-order chi connectivity index (χ1) is 14.6. The molecule has 1 aliphatic heterocycles. The Kier molecular flexibility index (Phi) is 8.44. The molecule has 0 N–H and O–H groups in total. The van der Waals surface area contributed by atoms with Gasteiger partial charge in [0.25, 0.3) is 5.91 Å². The van der Waals surface area contributed by atoms with Crippen LogP contribution in [0.4, 0.5) is 4.39 Å². The van der Waals surface area contributed by atoms with Gasteiger partial charge in [0.15, 0.2) is 21.4 Å². The number of hydrogen-bond donors (Lipinski definition) is 0. The monoisotopic (exact) mass is 451 g/mol. The Balaban J connectivity index is 0.00000166.